The Morgan fingerprint density at radius 3 is 2.65 bits per heavy atom. The molecule has 0 fully saturated rings. The van der Waals surface area contributed by atoms with Gasteiger partial charge < -0.3 is 9.72 Å². The molecule has 0 unspecified atom stereocenters. The summed E-state index contributed by atoms with van der Waals surface area (Å²) in [7, 11) is 0. The van der Waals surface area contributed by atoms with Gasteiger partial charge in [0.25, 0.3) is 0 Å². The zero-order valence-corrected chi connectivity index (χ0v) is 9.96. The van der Waals surface area contributed by atoms with Crippen LogP contribution >= 0.6 is 0 Å². The van der Waals surface area contributed by atoms with Gasteiger partial charge in [-0.05, 0) is 20.8 Å². The fourth-order valence-electron chi connectivity index (χ4n) is 1.10. The number of pyridine rings is 1. The number of carbonyl (C=O) groups is 1. The zero-order chi connectivity index (χ0) is 13.1. The zero-order valence-electron chi connectivity index (χ0n) is 9.96. The number of amides is 1. The molecule has 1 amide bonds. The molecule has 2 N–H and O–H groups in total. The van der Waals surface area contributed by atoms with Crippen LogP contribution in [0.3, 0.4) is 0 Å². The van der Waals surface area contributed by atoms with E-state index in [1.54, 1.807) is 20.8 Å². The van der Waals surface area contributed by atoms with E-state index in [1.807, 2.05) is 0 Å². The third-order valence-electron chi connectivity index (χ3n) is 1.63. The molecule has 0 bridgehead atoms. The molecule has 0 radical (unpaired) electrons. The van der Waals surface area contributed by atoms with Crippen LogP contribution in [0.25, 0.3) is 0 Å². The van der Waals surface area contributed by atoms with Crippen molar-refractivity contribution in [3.8, 4) is 12.3 Å². The van der Waals surface area contributed by atoms with Gasteiger partial charge in [-0.2, -0.15) is 0 Å². The van der Waals surface area contributed by atoms with Crippen molar-refractivity contribution in [1.82, 2.24) is 4.98 Å². The third kappa shape index (κ3) is 4.43. The van der Waals surface area contributed by atoms with Gasteiger partial charge in [0.2, 0.25) is 0 Å². The quantitative estimate of drug-likeness (QED) is 0.726. The lowest BCUT2D eigenvalue weighted by atomic mass is 10.2. The maximum atomic E-state index is 11.4. The summed E-state index contributed by atoms with van der Waals surface area (Å²) in [6.45, 7) is 5.23. The standard InChI is InChI=1S/C12H14N2O3/c1-5-8-6-9(15)7-10(13-8)14-11(16)17-12(2,3)4/h1,6-7H,2-4H3,(H2,13,14,15,16). The predicted molar refractivity (Wildman–Crippen MR) is 64.9 cm³/mol. The number of carbonyl (C=O) groups excluding carboxylic acids is 1. The minimum atomic E-state index is -0.651. The minimum absolute atomic E-state index is 0.208. The molecule has 17 heavy (non-hydrogen) atoms. The molecule has 1 aromatic rings. The van der Waals surface area contributed by atoms with Gasteiger partial charge in [-0.3, -0.25) is 10.1 Å². The maximum absolute atomic E-state index is 11.4. The van der Waals surface area contributed by atoms with Crippen molar-refractivity contribution in [2.75, 3.05) is 5.32 Å². The van der Waals surface area contributed by atoms with Gasteiger partial charge in [0.15, 0.2) is 5.43 Å². The second-order valence-corrected chi connectivity index (χ2v) is 4.41. The van der Waals surface area contributed by atoms with Gasteiger partial charge in [-0.25, -0.2) is 4.79 Å². The van der Waals surface area contributed by atoms with E-state index in [0.717, 1.165) is 0 Å². The molecule has 0 aliphatic heterocycles. The Kier molecular flexibility index (Phi) is 3.59. The van der Waals surface area contributed by atoms with Crippen LogP contribution in [-0.2, 0) is 4.74 Å². The fourth-order valence-corrected chi connectivity index (χ4v) is 1.10. The number of terminal acetylenes is 1. The predicted octanol–water partition coefficient (Wildman–Crippen LogP) is 1.70. The second-order valence-electron chi connectivity index (χ2n) is 4.41. The number of H-pyrrole nitrogens is 1. The van der Waals surface area contributed by atoms with Gasteiger partial charge in [0, 0.05) is 12.1 Å². The number of aromatic nitrogens is 1. The van der Waals surface area contributed by atoms with Crippen LogP contribution in [-0.4, -0.2) is 16.7 Å². The number of nitrogens with one attached hydrogen (secondary N) is 2. The van der Waals surface area contributed by atoms with Crippen LogP contribution in [0.5, 0.6) is 0 Å². The minimum Gasteiger partial charge on any atom is -0.444 e. The first-order valence-corrected chi connectivity index (χ1v) is 5.01. The van der Waals surface area contributed by atoms with E-state index >= 15 is 0 Å². The van der Waals surface area contributed by atoms with E-state index in [0.29, 0.717) is 5.69 Å². The molecule has 1 heterocycles. The van der Waals surface area contributed by atoms with Crippen LogP contribution < -0.4 is 10.7 Å². The lowest BCUT2D eigenvalue weighted by Gasteiger charge is -2.19. The molecule has 0 aliphatic rings. The van der Waals surface area contributed by atoms with Gasteiger partial charge in [0.05, 0.1) is 5.69 Å². The first-order chi connectivity index (χ1) is 7.80. The van der Waals surface area contributed by atoms with Crippen molar-refractivity contribution in [2.24, 2.45) is 0 Å². The highest BCUT2D eigenvalue weighted by atomic mass is 16.6. The Balaban J connectivity index is 2.83. The monoisotopic (exact) mass is 234 g/mol. The molecular formula is C12H14N2O3. The van der Waals surface area contributed by atoms with E-state index in [9.17, 15) is 9.59 Å². The van der Waals surface area contributed by atoms with Gasteiger partial charge in [-0.1, -0.05) is 5.92 Å². The number of rotatable bonds is 1. The SMILES string of the molecule is C#Cc1cc(=O)cc(NC(=O)OC(C)(C)C)[nH]1. The van der Waals surface area contributed by atoms with Crippen molar-refractivity contribution in [2.45, 2.75) is 26.4 Å². The molecule has 0 atom stereocenters. The number of anilines is 1. The Hall–Kier alpha value is -2.22. The Labute approximate surface area is 99.2 Å². The van der Waals surface area contributed by atoms with Crippen LogP contribution in [0, 0.1) is 12.3 Å². The van der Waals surface area contributed by atoms with Crippen molar-refractivity contribution in [3.05, 3.63) is 28.0 Å². The van der Waals surface area contributed by atoms with Gasteiger partial charge in [0.1, 0.15) is 11.4 Å². The highest BCUT2D eigenvalue weighted by Gasteiger charge is 2.16. The normalized spacial score (nSPS) is 10.5. The molecule has 1 rings (SSSR count). The second kappa shape index (κ2) is 4.74. The van der Waals surface area contributed by atoms with E-state index < -0.39 is 11.7 Å². The Bertz CT molecular complexity index is 518. The molecular weight excluding hydrogens is 220 g/mol. The molecule has 0 saturated carbocycles. The molecule has 0 aromatic carbocycles. The fraction of sp³-hybridized carbons (Fsp3) is 0.333. The molecule has 0 aliphatic carbocycles. The maximum Gasteiger partial charge on any atom is 0.413 e. The first kappa shape index (κ1) is 12.8. The number of hydrogen-bond acceptors (Lipinski definition) is 3. The van der Waals surface area contributed by atoms with E-state index in [4.69, 9.17) is 11.2 Å². The van der Waals surface area contributed by atoms with Crippen LogP contribution in [0.15, 0.2) is 16.9 Å². The smallest absolute Gasteiger partial charge is 0.413 e. The summed E-state index contributed by atoms with van der Waals surface area (Å²) in [5, 5.41) is 2.40. The molecule has 1 aromatic heterocycles. The molecule has 0 spiro atoms. The molecule has 0 saturated heterocycles. The Morgan fingerprint density at radius 2 is 2.12 bits per heavy atom. The molecule has 5 heteroatoms. The summed E-state index contributed by atoms with van der Waals surface area (Å²) in [4.78, 5) is 25.4. The van der Waals surface area contributed by atoms with Gasteiger partial charge >= 0.3 is 6.09 Å². The molecule has 90 valence electrons. The Morgan fingerprint density at radius 1 is 1.47 bits per heavy atom. The highest BCUT2D eigenvalue weighted by Crippen LogP contribution is 2.09. The lowest BCUT2D eigenvalue weighted by Crippen LogP contribution is -2.27. The summed E-state index contributed by atoms with van der Waals surface area (Å²) < 4.78 is 5.03. The molecule has 5 nitrogen and oxygen atoms in total. The van der Waals surface area contributed by atoms with Crippen LogP contribution in [0.4, 0.5) is 10.6 Å². The summed E-state index contributed by atoms with van der Waals surface area (Å²) in [6, 6.07) is 2.49. The van der Waals surface area contributed by atoms with E-state index in [2.05, 4.69) is 16.2 Å². The number of aromatic amines is 1. The summed E-state index contributed by atoms with van der Waals surface area (Å²) in [5.74, 6) is 2.49. The topological polar surface area (TPSA) is 71.2 Å². The van der Waals surface area contributed by atoms with E-state index in [-0.39, 0.29) is 11.2 Å². The lowest BCUT2D eigenvalue weighted by molar-refractivity contribution is 0.0635. The summed E-state index contributed by atoms with van der Waals surface area (Å²) in [5.41, 5.74) is -0.597. The summed E-state index contributed by atoms with van der Waals surface area (Å²) >= 11 is 0. The average Bonchev–Trinajstić information content (AvgIpc) is 2.13. The van der Waals surface area contributed by atoms with Crippen molar-refractivity contribution >= 4 is 11.9 Å². The van der Waals surface area contributed by atoms with E-state index in [1.165, 1.54) is 12.1 Å². The number of ether oxygens (including phenoxy) is 1. The first-order valence-electron chi connectivity index (χ1n) is 5.01. The average molecular weight is 234 g/mol. The third-order valence-corrected chi connectivity index (χ3v) is 1.63. The summed E-state index contributed by atoms with van der Waals surface area (Å²) in [6.07, 6.45) is 4.51. The van der Waals surface area contributed by atoms with Crippen LogP contribution in [0.2, 0.25) is 0 Å². The van der Waals surface area contributed by atoms with Crippen molar-refractivity contribution in [1.29, 1.82) is 0 Å². The van der Waals surface area contributed by atoms with Crippen LogP contribution in [0.1, 0.15) is 26.5 Å². The van der Waals surface area contributed by atoms with Crippen molar-refractivity contribution in [3.63, 3.8) is 0 Å². The van der Waals surface area contributed by atoms with Crippen molar-refractivity contribution < 1.29 is 9.53 Å². The number of hydrogen-bond donors (Lipinski definition) is 2. The van der Waals surface area contributed by atoms with Gasteiger partial charge in [-0.15, -0.1) is 6.42 Å². The largest absolute Gasteiger partial charge is 0.444 e. The highest BCUT2D eigenvalue weighted by molar-refractivity contribution is 5.83.